The minimum atomic E-state index is -0.252. The van der Waals surface area contributed by atoms with Crippen LogP contribution in [0.3, 0.4) is 0 Å². The van der Waals surface area contributed by atoms with E-state index in [9.17, 15) is 4.79 Å². The highest BCUT2D eigenvalue weighted by Crippen LogP contribution is 2.16. The van der Waals surface area contributed by atoms with Gasteiger partial charge in [0.25, 0.3) is 5.91 Å². The maximum absolute atomic E-state index is 12.9. The molecule has 0 saturated heterocycles. The van der Waals surface area contributed by atoms with E-state index in [1.807, 2.05) is 67.1 Å². The van der Waals surface area contributed by atoms with Gasteiger partial charge in [-0.05, 0) is 31.4 Å². The zero-order chi connectivity index (χ0) is 20.9. The predicted molar refractivity (Wildman–Crippen MR) is 115 cm³/mol. The molecule has 2 heterocycles. The van der Waals surface area contributed by atoms with Gasteiger partial charge in [0.2, 0.25) is 5.95 Å². The summed E-state index contributed by atoms with van der Waals surface area (Å²) >= 11 is 0. The molecule has 7 heteroatoms. The summed E-state index contributed by atoms with van der Waals surface area (Å²) in [5.74, 6) is 0.762. The predicted octanol–water partition coefficient (Wildman–Crippen LogP) is 3.70. The summed E-state index contributed by atoms with van der Waals surface area (Å²) in [5.41, 5.74) is 4.42. The molecule has 2 N–H and O–H groups in total. The molecule has 2 aromatic carbocycles. The maximum Gasteiger partial charge on any atom is 0.261 e. The van der Waals surface area contributed by atoms with Crippen LogP contribution in [0.15, 0.2) is 60.7 Å². The lowest BCUT2D eigenvalue weighted by atomic mass is 10.1. The van der Waals surface area contributed by atoms with E-state index in [1.165, 1.54) is 5.56 Å². The molecule has 30 heavy (non-hydrogen) atoms. The standard InChI is InChI=1S/C23H24N6O/c1-16-21(17(2)29(28-16)15-19-11-7-4-8-12-19)22(30)25-23-24-20(26-27-23)14-13-18-9-5-3-6-10-18/h3-12H,13-15H2,1-2H3,(H2,24,25,26,27,30). The minimum Gasteiger partial charge on any atom is -0.289 e. The molecule has 0 aliphatic rings. The number of aryl methyl sites for hydroxylation is 3. The van der Waals surface area contributed by atoms with Crippen LogP contribution in [-0.2, 0) is 19.4 Å². The van der Waals surface area contributed by atoms with Crippen LogP contribution in [0.1, 0.15) is 38.7 Å². The summed E-state index contributed by atoms with van der Waals surface area (Å²) in [6, 6.07) is 20.2. The number of H-pyrrole nitrogens is 1. The fourth-order valence-corrected chi connectivity index (χ4v) is 3.47. The van der Waals surface area contributed by atoms with Gasteiger partial charge in [-0.1, -0.05) is 60.7 Å². The summed E-state index contributed by atoms with van der Waals surface area (Å²) in [6.07, 6.45) is 1.58. The van der Waals surface area contributed by atoms with E-state index in [1.54, 1.807) is 0 Å². The Bertz CT molecular complexity index is 1130. The first-order chi connectivity index (χ1) is 14.6. The highest BCUT2D eigenvalue weighted by Gasteiger charge is 2.20. The van der Waals surface area contributed by atoms with Crippen molar-refractivity contribution in [2.24, 2.45) is 0 Å². The average molecular weight is 400 g/mol. The quantitative estimate of drug-likeness (QED) is 0.495. The molecule has 0 atom stereocenters. The number of amides is 1. The smallest absolute Gasteiger partial charge is 0.261 e. The van der Waals surface area contributed by atoms with Crippen LogP contribution in [0.4, 0.5) is 5.95 Å². The third-order valence-corrected chi connectivity index (χ3v) is 5.03. The van der Waals surface area contributed by atoms with Crippen LogP contribution >= 0.6 is 0 Å². The number of hydrogen-bond donors (Lipinski definition) is 2. The van der Waals surface area contributed by atoms with Gasteiger partial charge < -0.3 is 0 Å². The van der Waals surface area contributed by atoms with Crippen molar-refractivity contribution in [3.05, 3.63) is 94.6 Å². The fourth-order valence-electron chi connectivity index (χ4n) is 3.47. The normalized spacial score (nSPS) is 10.9. The van der Waals surface area contributed by atoms with Crippen molar-refractivity contribution in [2.45, 2.75) is 33.2 Å². The number of nitrogens with zero attached hydrogens (tertiary/aromatic N) is 4. The second-order valence-corrected chi connectivity index (χ2v) is 7.23. The summed E-state index contributed by atoms with van der Waals surface area (Å²) in [5, 5.41) is 14.4. The van der Waals surface area contributed by atoms with E-state index >= 15 is 0 Å². The van der Waals surface area contributed by atoms with Gasteiger partial charge in [0.15, 0.2) is 0 Å². The molecule has 0 aliphatic carbocycles. The number of aromatic nitrogens is 5. The molecule has 2 aromatic heterocycles. The van der Waals surface area contributed by atoms with Crippen LogP contribution in [-0.4, -0.2) is 30.9 Å². The molecule has 4 rings (SSSR count). The SMILES string of the molecule is Cc1nn(Cc2ccccc2)c(C)c1C(=O)Nc1n[nH]c(CCc2ccccc2)n1. The third-order valence-electron chi connectivity index (χ3n) is 5.03. The highest BCUT2D eigenvalue weighted by molar-refractivity contribution is 6.04. The molecule has 0 spiro atoms. The number of rotatable bonds is 7. The van der Waals surface area contributed by atoms with E-state index in [2.05, 4.69) is 37.7 Å². The average Bonchev–Trinajstić information content (AvgIpc) is 3.31. The molecule has 152 valence electrons. The Labute approximate surface area is 175 Å². The third kappa shape index (κ3) is 4.46. The van der Waals surface area contributed by atoms with Crippen molar-refractivity contribution in [3.63, 3.8) is 0 Å². The molecule has 0 fully saturated rings. The van der Waals surface area contributed by atoms with E-state index in [-0.39, 0.29) is 11.9 Å². The zero-order valence-corrected chi connectivity index (χ0v) is 17.1. The Morgan fingerprint density at radius 2 is 1.63 bits per heavy atom. The number of carbonyl (C=O) groups excluding carboxylic acids is 1. The second-order valence-electron chi connectivity index (χ2n) is 7.23. The maximum atomic E-state index is 12.9. The minimum absolute atomic E-state index is 0.252. The number of aromatic amines is 1. The van der Waals surface area contributed by atoms with Gasteiger partial charge in [0, 0.05) is 12.1 Å². The summed E-state index contributed by atoms with van der Waals surface area (Å²) in [7, 11) is 0. The molecule has 7 nitrogen and oxygen atoms in total. The van der Waals surface area contributed by atoms with Crippen LogP contribution < -0.4 is 5.32 Å². The molecule has 4 aromatic rings. The molecular weight excluding hydrogens is 376 g/mol. The van der Waals surface area contributed by atoms with E-state index in [0.717, 1.165) is 29.9 Å². The van der Waals surface area contributed by atoms with E-state index in [4.69, 9.17) is 0 Å². The lowest BCUT2D eigenvalue weighted by molar-refractivity contribution is 0.102. The summed E-state index contributed by atoms with van der Waals surface area (Å²) in [4.78, 5) is 17.3. The van der Waals surface area contributed by atoms with Gasteiger partial charge in [-0.2, -0.15) is 10.1 Å². The number of nitrogens with one attached hydrogen (secondary N) is 2. The molecule has 0 radical (unpaired) electrons. The lowest BCUT2D eigenvalue weighted by Crippen LogP contribution is -2.15. The Morgan fingerprint density at radius 1 is 0.967 bits per heavy atom. The molecule has 0 bridgehead atoms. The number of benzene rings is 2. The van der Waals surface area contributed by atoms with E-state index in [0.29, 0.717) is 17.8 Å². The van der Waals surface area contributed by atoms with Crippen molar-refractivity contribution >= 4 is 11.9 Å². The Hall–Kier alpha value is -3.74. The largest absolute Gasteiger partial charge is 0.289 e. The Kier molecular flexibility index (Phi) is 5.70. The first kappa shape index (κ1) is 19.6. The molecule has 1 amide bonds. The van der Waals surface area contributed by atoms with Crippen molar-refractivity contribution in [2.75, 3.05) is 5.32 Å². The van der Waals surface area contributed by atoms with Crippen molar-refractivity contribution in [3.8, 4) is 0 Å². The second kappa shape index (κ2) is 8.73. The Morgan fingerprint density at radius 3 is 2.33 bits per heavy atom. The van der Waals surface area contributed by atoms with Crippen LogP contribution in [0.2, 0.25) is 0 Å². The van der Waals surface area contributed by atoms with Crippen LogP contribution in [0.5, 0.6) is 0 Å². The van der Waals surface area contributed by atoms with Gasteiger partial charge in [0.05, 0.1) is 17.8 Å². The summed E-state index contributed by atoms with van der Waals surface area (Å²) < 4.78 is 1.85. The molecular formula is C23H24N6O. The van der Waals surface area contributed by atoms with Gasteiger partial charge in [-0.3, -0.25) is 19.9 Å². The van der Waals surface area contributed by atoms with E-state index < -0.39 is 0 Å². The summed E-state index contributed by atoms with van der Waals surface area (Å²) in [6.45, 7) is 4.36. The first-order valence-corrected chi connectivity index (χ1v) is 9.94. The number of carbonyl (C=O) groups is 1. The zero-order valence-electron chi connectivity index (χ0n) is 17.1. The van der Waals surface area contributed by atoms with Gasteiger partial charge >= 0.3 is 0 Å². The molecule has 0 aliphatic heterocycles. The monoisotopic (exact) mass is 400 g/mol. The molecule has 0 saturated carbocycles. The topological polar surface area (TPSA) is 88.5 Å². The fraction of sp³-hybridized carbons (Fsp3) is 0.217. The Balaban J connectivity index is 1.42. The van der Waals surface area contributed by atoms with Crippen molar-refractivity contribution in [1.29, 1.82) is 0 Å². The van der Waals surface area contributed by atoms with Crippen LogP contribution in [0.25, 0.3) is 0 Å². The molecule has 0 unspecified atom stereocenters. The van der Waals surface area contributed by atoms with Gasteiger partial charge in [-0.25, -0.2) is 0 Å². The lowest BCUT2D eigenvalue weighted by Gasteiger charge is -2.05. The highest BCUT2D eigenvalue weighted by atomic mass is 16.1. The van der Waals surface area contributed by atoms with Gasteiger partial charge in [0.1, 0.15) is 5.82 Å². The number of hydrogen-bond acceptors (Lipinski definition) is 4. The number of anilines is 1. The van der Waals surface area contributed by atoms with Crippen LogP contribution in [0, 0.1) is 13.8 Å². The van der Waals surface area contributed by atoms with Crippen molar-refractivity contribution in [1.82, 2.24) is 25.0 Å². The van der Waals surface area contributed by atoms with Crippen molar-refractivity contribution < 1.29 is 4.79 Å². The first-order valence-electron chi connectivity index (χ1n) is 9.94. The van der Waals surface area contributed by atoms with Gasteiger partial charge in [-0.15, -0.1) is 5.10 Å².